The van der Waals surface area contributed by atoms with Crippen LogP contribution in [0.5, 0.6) is 5.75 Å². The molecule has 2 aromatic heterocycles. The Bertz CT molecular complexity index is 1480. The van der Waals surface area contributed by atoms with Crippen LogP contribution in [0.25, 0.3) is 10.8 Å². The molecule has 1 N–H and O–H groups in total. The third kappa shape index (κ3) is 5.22. The van der Waals surface area contributed by atoms with Gasteiger partial charge in [-0.15, -0.1) is 16.4 Å². The van der Waals surface area contributed by atoms with E-state index in [9.17, 15) is 4.79 Å². The highest BCUT2D eigenvalue weighted by atomic mass is 35.5. The molecule has 0 saturated carbocycles. The van der Waals surface area contributed by atoms with E-state index in [0.717, 1.165) is 27.6 Å². The number of rotatable bonds is 7. The van der Waals surface area contributed by atoms with Crippen LogP contribution in [0.15, 0.2) is 78.4 Å². The van der Waals surface area contributed by atoms with Crippen molar-refractivity contribution in [2.24, 2.45) is 0 Å². The van der Waals surface area contributed by atoms with E-state index in [-0.39, 0.29) is 11.9 Å². The standard InChI is InChI=1S/C25H18Cl2N4O2S/c26-20-7-5-19(22(27)11-20)12-31-15-28-25(30-31)29-24(32)23-9-16(14-34-23)13-33-21-8-6-17-3-1-2-4-18(17)10-21/h1-11,14-15H,12-13H2,(H,29,30,32). The first-order valence-corrected chi connectivity index (χ1v) is 12.0. The normalized spacial score (nSPS) is 11.0. The van der Waals surface area contributed by atoms with Gasteiger partial charge in [-0.05, 0) is 52.0 Å². The summed E-state index contributed by atoms with van der Waals surface area (Å²) < 4.78 is 7.52. The van der Waals surface area contributed by atoms with Crippen LogP contribution in [0, 0.1) is 0 Å². The summed E-state index contributed by atoms with van der Waals surface area (Å²) in [5, 5.41) is 12.3. The van der Waals surface area contributed by atoms with Gasteiger partial charge >= 0.3 is 0 Å². The first-order valence-electron chi connectivity index (χ1n) is 10.4. The zero-order chi connectivity index (χ0) is 23.5. The van der Waals surface area contributed by atoms with Crippen LogP contribution in [-0.4, -0.2) is 20.7 Å². The van der Waals surface area contributed by atoms with Crippen LogP contribution in [0.1, 0.15) is 20.8 Å². The molecule has 6 nitrogen and oxygen atoms in total. The number of hydrogen-bond acceptors (Lipinski definition) is 5. The Morgan fingerprint density at radius 3 is 2.74 bits per heavy atom. The lowest BCUT2D eigenvalue weighted by molar-refractivity contribution is 0.102. The van der Waals surface area contributed by atoms with Crippen LogP contribution < -0.4 is 10.1 Å². The molecule has 0 fully saturated rings. The Balaban J connectivity index is 1.18. The van der Waals surface area contributed by atoms with Gasteiger partial charge in [0.15, 0.2) is 0 Å². The molecular formula is C25H18Cl2N4O2S. The second kappa shape index (κ2) is 9.85. The van der Waals surface area contributed by atoms with Gasteiger partial charge < -0.3 is 4.74 Å². The summed E-state index contributed by atoms with van der Waals surface area (Å²) in [5.41, 5.74) is 1.77. The molecule has 0 aliphatic heterocycles. The number of fused-ring (bicyclic) bond motifs is 1. The SMILES string of the molecule is O=C(Nc1ncn(Cc2ccc(Cl)cc2Cl)n1)c1cc(COc2ccc3ccccc3c2)cs1. The summed E-state index contributed by atoms with van der Waals surface area (Å²) in [6.45, 7) is 0.783. The van der Waals surface area contributed by atoms with Crippen LogP contribution in [-0.2, 0) is 13.2 Å². The number of ether oxygens (including phenoxy) is 1. The largest absolute Gasteiger partial charge is 0.489 e. The Morgan fingerprint density at radius 1 is 1.03 bits per heavy atom. The van der Waals surface area contributed by atoms with Crippen molar-refractivity contribution in [1.29, 1.82) is 0 Å². The van der Waals surface area contributed by atoms with Crippen LogP contribution >= 0.6 is 34.5 Å². The molecule has 170 valence electrons. The summed E-state index contributed by atoms with van der Waals surface area (Å²) in [6, 6.07) is 21.2. The molecule has 34 heavy (non-hydrogen) atoms. The predicted octanol–water partition coefficient (Wildman–Crippen LogP) is 6.68. The van der Waals surface area contributed by atoms with Gasteiger partial charge in [-0.2, -0.15) is 0 Å². The molecule has 0 spiro atoms. The average Bonchev–Trinajstić information content (AvgIpc) is 3.49. The number of aromatic nitrogens is 3. The maximum Gasteiger partial charge on any atom is 0.268 e. The van der Waals surface area contributed by atoms with Gasteiger partial charge in [-0.1, -0.05) is 59.6 Å². The van der Waals surface area contributed by atoms with E-state index in [1.165, 1.54) is 17.7 Å². The maximum absolute atomic E-state index is 12.6. The molecule has 2 heterocycles. The molecule has 0 radical (unpaired) electrons. The highest BCUT2D eigenvalue weighted by Gasteiger charge is 2.13. The molecular weight excluding hydrogens is 491 g/mol. The van der Waals surface area contributed by atoms with Gasteiger partial charge in [0.2, 0.25) is 5.95 Å². The fourth-order valence-electron chi connectivity index (χ4n) is 3.41. The number of anilines is 1. The zero-order valence-corrected chi connectivity index (χ0v) is 20.1. The monoisotopic (exact) mass is 508 g/mol. The van der Waals surface area contributed by atoms with Crippen LogP contribution in [0.2, 0.25) is 10.0 Å². The molecule has 5 rings (SSSR count). The summed E-state index contributed by atoms with van der Waals surface area (Å²) in [5.74, 6) is 0.730. The van der Waals surface area contributed by atoms with Crippen LogP contribution in [0.4, 0.5) is 5.95 Å². The lowest BCUT2D eigenvalue weighted by atomic mass is 10.1. The van der Waals surface area contributed by atoms with Crippen molar-refractivity contribution in [2.45, 2.75) is 13.2 Å². The van der Waals surface area contributed by atoms with Crippen molar-refractivity contribution in [1.82, 2.24) is 14.8 Å². The Labute approximate surface area is 209 Å². The molecule has 0 atom stereocenters. The van der Waals surface area contributed by atoms with E-state index in [4.69, 9.17) is 27.9 Å². The van der Waals surface area contributed by atoms with Gasteiger partial charge in [-0.3, -0.25) is 10.1 Å². The fraction of sp³-hybridized carbons (Fsp3) is 0.0800. The minimum Gasteiger partial charge on any atom is -0.489 e. The minimum atomic E-state index is -0.274. The molecule has 5 aromatic rings. The highest BCUT2D eigenvalue weighted by Crippen LogP contribution is 2.24. The topological polar surface area (TPSA) is 69.0 Å². The first-order chi connectivity index (χ1) is 16.5. The van der Waals surface area contributed by atoms with Crippen molar-refractivity contribution in [2.75, 3.05) is 5.32 Å². The Morgan fingerprint density at radius 2 is 1.88 bits per heavy atom. The maximum atomic E-state index is 12.6. The number of carbonyl (C=O) groups is 1. The average molecular weight is 509 g/mol. The third-order valence-corrected chi connectivity index (χ3v) is 6.68. The molecule has 0 saturated heterocycles. The number of thiophene rings is 1. The minimum absolute atomic E-state index is 0.220. The summed E-state index contributed by atoms with van der Waals surface area (Å²) in [4.78, 5) is 17.4. The smallest absolute Gasteiger partial charge is 0.268 e. The van der Waals surface area contributed by atoms with Crippen molar-refractivity contribution in [3.63, 3.8) is 0 Å². The van der Waals surface area contributed by atoms with Crippen molar-refractivity contribution in [3.05, 3.63) is 104 Å². The molecule has 9 heteroatoms. The van der Waals surface area contributed by atoms with Gasteiger partial charge in [0, 0.05) is 15.6 Å². The number of nitrogens with zero attached hydrogens (tertiary/aromatic N) is 3. The van der Waals surface area contributed by atoms with Gasteiger partial charge in [-0.25, -0.2) is 9.67 Å². The molecule has 0 aliphatic carbocycles. The van der Waals surface area contributed by atoms with Crippen molar-refractivity contribution >= 4 is 57.2 Å². The molecule has 3 aromatic carbocycles. The lowest BCUT2D eigenvalue weighted by Crippen LogP contribution is -2.12. The second-order valence-electron chi connectivity index (χ2n) is 7.57. The predicted molar refractivity (Wildman–Crippen MR) is 136 cm³/mol. The first kappa shape index (κ1) is 22.4. The molecule has 0 bridgehead atoms. The van der Waals surface area contributed by atoms with E-state index < -0.39 is 0 Å². The number of hydrogen-bond donors (Lipinski definition) is 1. The number of benzene rings is 3. The van der Waals surface area contributed by atoms with E-state index in [1.807, 2.05) is 47.8 Å². The quantitative estimate of drug-likeness (QED) is 0.266. The Kier molecular flexibility index (Phi) is 6.49. The third-order valence-electron chi connectivity index (χ3n) is 5.11. The van der Waals surface area contributed by atoms with E-state index in [1.54, 1.807) is 16.8 Å². The van der Waals surface area contributed by atoms with E-state index in [2.05, 4.69) is 27.5 Å². The lowest BCUT2D eigenvalue weighted by Gasteiger charge is -2.06. The second-order valence-corrected chi connectivity index (χ2v) is 9.33. The van der Waals surface area contributed by atoms with Gasteiger partial charge in [0.25, 0.3) is 5.91 Å². The van der Waals surface area contributed by atoms with Gasteiger partial charge in [0.05, 0.1) is 11.4 Å². The van der Waals surface area contributed by atoms with Crippen molar-refractivity contribution in [3.8, 4) is 5.75 Å². The zero-order valence-electron chi connectivity index (χ0n) is 17.7. The van der Waals surface area contributed by atoms with E-state index in [0.29, 0.717) is 28.1 Å². The highest BCUT2D eigenvalue weighted by molar-refractivity contribution is 7.12. The van der Waals surface area contributed by atoms with E-state index >= 15 is 0 Å². The fourth-order valence-corrected chi connectivity index (χ4v) is 4.67. The number of amides is 1. The Hall–Kier alpha value is -3.39. The van der Waals surface area contributed by atoms with Crippen LogP contribution in [0.3, 0.4) is 0 Å². The number of carbonyl (C=O) groups excluding carboxylic acids is 1. The molecule has 1 amide bonds. The number of halogens is 2. The summed E-state index contributed by atoms with van der Waals surface area (Å²) >= 11 is 13.5. The summed E-state index contributed by atoms with van der Waals surface area (Å²) in [7, 11) is 0. The van der Waals surface area contributed by atoms with Crippen molar-refractivity contribution < 1.29 is 9.53 Å². The van der Waals surface area contributed by atoms with Gasteiger partial charge in [0.1, 0.15) is 18.7 Å². The summed E-state index contributed by atoms with van der Waals surface area (Å²) in [6.07, 6.45) is 1.54. The molecule has 0 aliphatic rings. The molecule has 0 unspecified atom stereocenters. The number of nitrogens with one attached hydrogen (secondary N) is 1.